The van der Waals surface area contributed by atoms with Gasteiger partial charge in [0.2, 0.25) is 0 Å². The second-order valence-corrected chi connectivity index (χ2v) is 7.73. The summed E-state index contributed by atoms with van der Waals surface area (Å²) in [4.78, 5) is 38.6. The van der Waals surface area contributed by atoms with Crippen LogP contribution in [0.5, 0.6) is 0 Å². The molecular weight excluding hydrogens is 390 g/mol. The number of hydrogen-bond acceptors (Lipinski definition) is 6. The monoisotopic (exact) mass is 411 g/mol. The number of likely N-dealkylation sites (tertiary alicyclic amines) is 1. The van der Waals surface area contributed by atoms with Crippen LogP contribution in [0.1, 0.15) is 34.3 Å². The average Bonchev–Trinajstić information content (AvgIpc) is 3.19. The predicted molar refractivity (Wildman–Crippen MR) is 108 cm³/mol. The third-order valence-electron chi connectivity index (χ3n) is 4.88. The van der Waals surface area contributed by atoms with Gasteiger partial charge in [-0.05, 0) is 42.8 Å². The number of carbonyl (C=O) groups excluding carboxylic acids is 3. The molecule has 8 heteroatoms. The molecule has 2 heterocycles. The van der Waals surface area contributed by atoms with Crippen molar-refractivity contribution in [2.45, 2.75) is 19.8 Å². The number of amides is 2. The van der Waals surface area contributed by atoms with Gasteiger partial charge in [0, 0.05) is 18.7 Å². The maximum Gasteiger partial charge on any atom is 0.309 e. The fourth-order valence-electron chi connectivity index (χ4n) is 3.21. The Morgan fingerprint density at radius 1 is 1.24 bits per heavy atom. The van der Waals surface area contributed by atoms with Crippen LogP contribution in [0.25, 0.3) is 0 Å². The molecule has 1 aliphatic heterocycles. The number of anilines is 1. The predicted octanol–water partition coefficient (Wildman–Crippen LogP) is 2.96. The van der Waals surface area contributed by atoms with Crippen molar-refractivity contribution in [2.75, 3.05) is 25.0 Å². The molecule has 1 saturated heterocycles. The fraction of sp³-hybridized carbons (Fsp3) is 0.333. The maximum atomic E-state index is 12.7. The highest BCUT2D eigenvalue weighted by molar-refractivity contribution is 7.14. The lowest BCUT2D eigenvalue weighted by Gasteiger charge is -2.31. The SMILES string of the molecule is Cc1ccccc1C(=O)N1CCC(C(=O)OCC(=O)Nc2sccc2C#N)CC1. The van der Waals surface area contributed by atoms with Crippen LogP contribution in [0, 0.1) is 24.2 Å². The van der Waals surface area contributed by atoms with Crippen LogP contribution in [-0.2, 0) is 14.3 Å². The Bertz CT molecular complexity index is 955. The third kappa shape index (κ3) is 5.00. The van der Waals surface area contributed by atoms with Crippen molar-refractivity contribution in [2.24, 2.45) is 5.92 Å². The van der Waals surface area contributed by atoms with Crippen molar-refractivity contribution in [3.05, 3.63) is 52.4 Å². The van der Waals surface area contributed by atoms with E-state index in [2.05, 4.69) is 5.32 Å². The van der Waals surface area contributed by atoms with Gasteiger partial charge in [-0.15, -0.1) is 11.3 Å². The molecule has 1 N–H and O–H groups in total. The average molecular weight is 411 g/mol. The number of nitriles is 1. The minimum absolute atomic E-state index is 0.0291. The fourth-order valence-corrected chi connectivity index (χ4v) is 3.97. The molecule has 0 radical (unpaired) electrons. The summed E-state index contributed by atoms with van der Waals surface area (Å²) in [6.45, 7) is 2.45. The van der Waals surface area contributed by atoms with Crippen LogP contribution >= 0.6 is 11.3 Å². The lowest BCUT2D eigenvalue weighted by Crippen LogP contribution is -2.41. The first-order valence-corrected chi connectivity index (χ1v) is 10.2. The number of nitrogens with one attached hydrogen (secondary N) is 1. The Morgan fingerprint density at radius 3 is 2.66 bits per heavy atom. The van der Waals surface area contributed by atoms with Gasteiger partial charge in [-0.2, -0.15) is 5.26 Å². The van der Waals surface area contributed by atoms with Crippen LogP contribution in [0.3, 0.4) is 0 Å². The van der Waals surface area contributed by atoms with Gasteiger partial charge in [-0.25, -0.2) is 0 Å². The number of carbonyl (C=O) groups is 3. The van der Waals surface area contributed by atoms with E-state index in [-0.39, 0.29) is 11.8 Å². The zero-order valence-electron chi connectivity index (χ0n) is 16.0. The van der Waals surface area contributed by atoms with Gasteiger partial charge >= 0.3 is 5.97 Å². The number of rotatable bonds is 5. The van der Waals surface area contributed by atoms with Crippen LogP contribution in [0.4, 0.5) is 5.00 Å². The van der Waals surface area contributed by atoms with E-state index >= 15 is 0 Å². The number of aryl methyl sites for hydroxylation is 1. The number of thiophene rings is 1. The summed E-state index contributed by atoms with van der Waals surface area (Å²) < 4.78 is 5.13. The van der Waals surface area contributed by atoms with E-state index in [4.69, 9.17) is 10.00 Å². The summed E-state index contributed by atoms with van der Waals surface area (Å²) in [5.41, 5.74) is 1.98. The molecule has 0 spiro atoms. The summed E-state index contributed by atoms with van der Waals surface area (Å²) in [7, 11) is 0. The summed E-state index contributed by atoms with van der Waals surface area (Å²) in [5.74, 6) is -1.28. The summed E-state index contributed by atoms with van der Waals surface area (Å²) in [6.07, 6.45) is 1.00. The molecule has 150 valence electrons. The standard InChI is InChI=1S/C21H21N3O4S/c1-14-4-2-3-5-17(14)20(26)24-9-6-15(7-10-24)21(27)28-13-18(25)23-19-16(12-22)8-11-29-19/h2-5,8,11,15H,6-7,9-10,13H2,1H3,(H,23,25). The first-order chi connectivity index (χ1) is 14.0. The molecule has 0 unspecified atom stereocenters. The second-order valence-electron chi connectivity index (χ2n) is 6.81. The molecule has 0 atom stereocenters. The molecule has 7 nitrogen and oxygen atoms in total. The van der Waals surface area contributed by atoms with E-state index in [1.807, 2.05) is 37.3 Å². The zero-order valence-corrected chi connectivity index (χ0v) is 16.8. The normalized spacial score (nSPS) is 14.1. The molecule has 2 aromatic rings. The van der Waals surface area contributed by atoms with Crippen molar-refractivity contribution >= 4 is 34.1 Å². The zero-order chi connectivity index (χ0) is 20.8. The van der Waals surface area contributed by atoms with Gasteiger partial charge in [-0.3, -0.25) is 14.4 Å². The Morgan fingerprint density at radius 2 is 1.97 bits per heavy atom. The van der Waals surface area contributed by atoms with Crippen molar-refractivity contribution < 1.29 is 19.1 Å². The smallest absolute Gasteiger partial charge is 0.309 e. The molecule has 1 aromatic carbocycles. The van der Waals surface area contributed by atoms with E-state index in [1.165, 1.54) is 11.3 Å². The lowest BCUT2D eigenvalue weighted by atomic mass is 9.96. The van der Waals surface area contributed by atoms with Crippen LogP contribution in [-0.4, -0.2) is 42.4 Å². The minimum atomic E-state index is -0.482. The van der Waals surface area contributed by atoms with Crippen LogP contribution < -0.4 is 5.32 Å². The number of ether oxygens (including phenoxy) is 1. The Balaban J connectivity index is 1.45. The molecule has 3 rings (SSSR count). The van der Waals surface area contributed by atoms with Gasteiger partial charge in [-0.1, -0.05) is 18.2 Å². The molecule has 29 heavy (non-hydrogen) atoms. The molecule has 1 aliphatic rings. The molecular formula is C21H21N3O4S. The number of esters is 1. The minimum Gasteiger partial charge on any atom is -0.455 e. The van der Waals surface area contributed by atoms with E-state index in [9.17, 15) is 14.4 Å². The quantitative estimate of drug-likeness (QED) is 0.763. The molecule has 0 bridgehead atoms. The lowest BCUT2D eigenvalue weighted by molar-refractivity contribution is -0.152. The molecule has 1 aromatic heterocycles. The van der Waals surface area contributed by atoms with E-state index in [1.54, 1.807) is 16.3 Å². The largest absolute Gasteiger partial charge is 0.455 e. The molecule has 0 saturated carbocycles. The Kier molecular flexibility index (Phi) is 6.62. The van der Waals surface area contributed by atoms with Crippen molar-refractivity contribution in [1.82, 2.24) is 4.90 Å². The number of hydrogen-bond donors (Lipinski definition) is 1. The van der Waals surface area contributed by atoms with Crippen LogP contribution in [0.15, 0.2) is 35.7 Å². The summed E-state index contributed by atoms with van der Waals surface area (Å²) in [5, 5.41) is 13.7. The topological polar surface area (TPSA) is 99.5 Å². The van der Waals surface area contributed by atoms with Gasteiger partial charge in [0.1, 0.15) is 11.1 Å². The van der Waals surface area contributed by atoms with Crippen LogP contribution in [0.2, 0.25) is 0 Å². The number of benzene rings is 1. The highest BCUT2D eigenvalue weighted by Crippen LogP contribution is 2.23. The molecule has 2 amide bonds. The number of nitrogens with zero attached hydrogens (tertiary/aromatic N) is 2. The summed E-state index contributed by atoms with van der Waals surface area (Å²) >= 11 is 1.23. The van der Waals surface area contributed by atoms with E-state index < -0.39 is 18.5 Å². The highest BCUT2D eigenvalue weighted by Gasteiger charge is 2.29. The van der Waals surface area contributed by atoms with Gasteiger partial charge in [0.15, 0.2) is 6.61 Å². The highest BCUT2D eigenvalue weighted by atomic mass is 32.1. The number of piperidine rings is 1. The van der Waals surface area contributed by atoms with Crippen molar-refractivity contribution in [3.8, 4) is 6.07 Å². The van der Waals surface area contributed by atoms with E-state index in [0.29, 0.717) is 42.1 Å². The first kappa shape index (κ1) is 20.6. The van der Waals surface area contributed by atoms with Crippen molar-refractivity contribution in [1.29, 1.82) is 5.26 Å². The maximum absolute atomic E-state index is 12.7. The third-order valence-corrected chi connectivity index (χ3v) is 5.70. The Hall–Kier alpha value is -3.18. The second kappa shape index (κ2) is 9.34. The van der Waals surface area contributed by atoms with E-state index in [0.717, 1.165) is 5.56 Å². The first-order valence-electron chi connectivity index (χ1n) is 9.28. The Labute approximate surface area is 172 Å². The molecule has 0 aliphatic carbocycles. The van der Waals surface area contributed by atoms with Crippen molar-refractivity contribution in [3.63, 3.8) is 0 Å². The molecule has 1 fully saturated rings. The van der Waals surface area contributed by atoms with Gasteiger partial charge in [0.05, 0.1) is 11.5 Å². The van der Waals surface area contributed by atoms with Gasteiger partial charge in [0.25, 0.3) is 11.8 Å². The summed E-state index contributed by atoms with van der Waals surface area (Å²) in [6, 6.07) is 11.0. The van der Waals surface area contributed by atoms with Gasteiger partial charge < -0.3 is 15.0 Å².